The minimum absolute atomic E-state index is 0.617. The van der Waals surface area contributed by atoms with Crippen molar-refractivity contribution >= 4 is 22.6 Å². The van der Waals surface area contributed by atoms with Gasteiger partial charge >= 0.3 is 0 Å². The Hall–Kier alpha value is -0.350. The van der Waals surface area contributed by atoms with Crippen LogP contribution in [0.3, 0.4) is 0 Å². The molecule has 64 valence electrons. The normalized spacial score (nSPS) is 9.75. The van der Waals surface area contributed by atoms with Gasteiger partial charge in [0, 0.05) is 3.57 Å². The summed E-state index contributed by atoms with van der Waals surface area (Å²) >= 11 is 2.29. The summed E-state index contributed by atoms with van der Waals surface area (Å²) in [6.45, 7) is 4.87. The lowest BCUT2D eigenvalue weighted by molar-refractivity contribution is 0.149. The third kappa shape index (κ3) is 3.36. The fourth-order valence-corrected chi connectivity index (χ4v) is 1.49. The van der Waals surface area contributed by atoms with Gasteiger partial charge in [-0.2, -0.15) is 0 Å². The van der Waals surface area contributed by atoms with E-state index < -0.39 is 0 Å². The van der Waals surface area contributed by atoms with E-state index in [0.29, 0.717) is 13.2 Å². The largest absolute Gasteiger partial charge is 0.373 e. The molecule has 1 rings (SSSR count). The lowest BCUT2D eigenvalue weighted by Gasteiger charge is -2.01. The van der Waals surface area contributed by atoms with Crippen LogP contribution in [-0.2, 0) is 11.3 Å². The first kappa shape index (κ1) is 9.74. The summed E-state index contributed by atoms with van der Waals surface area (Å²) < 4.78 is 6.55. The molecule has 0 bridgehead atoms. The van der Waals surface area contributed by atoms with E-state index in [1.807, 2.05) is 6.07 Å². The van der Waals surface area contributed by atoms with Gasteiger partial charge in [-0.05, 0) is 40.3 Å². The van der Waals surface area contributed by atoms with E-state index in [2.05, 4.69) is 47.4 Å². The molecule has 2 heteroatoms. The number of hydrogen-bond acceptors (Lipinski definition) is 1. The molecule has 0 N–H and O–H groups in total. The van der Waals surface area contributed by atoms with E-state index in [0.717, 1.165) is 0 Å². The van der Waals surface area contributed by atoms with Crippen molar-refractivity contribution in [2.24, 2.45) is 0 Å². The van der Waals surface area contributed by atoms with Crippen molar-refractivity contribution in [3.63, 3.8) is 0 Å². The highest BCUT2D eigenvalue weighted by atomic mass is 127. The molecule has 0 spiro atoms. The molecule has 0 heterocycles. The standard InChI is InChI=1S/C10H11IO/c1-2-6-12-8-9-4-3-5-10(11)7-9/h2-5,7H,1,6,8H2. The van der Waals surface area contributed by atoms with Crippen LogP contribution < -0.4 is 0 Å². The predicted octanol–water partition coefficient (Wildman–Crippen LogP) is 2.99. The van der Waals surface area contributed by atoms with Gasteiger partial charge in [-0.1, -0.05) is 18.2 Å². The zero-order valence-corrected chi connectivity index (χ0v) is 8.95. The van der Waals surface area contributed by atoms with Crippen LogP contribution in [0.25, 0.3) is 0 Å². The minimum Gasteiger partial charge on any atom is -0.373 e. The lowest BCUT2D eigenvalue weighted by Crippen LogP contribution is -1.92. The van der Waals surface area contributed by atoms with Crippen LogP contribution in [0.2, 0.25) is 0 Å². The second kappa shape index (κ2) is 5.32. The first-order valence-corrected chi connectivity index (χ1v) is 4.84. The highest BCUT2D eigenvalue weighted by Crippen LogP contribution is 2.08. The number of halogens is 1. The zero-order chi connectivity index (χ0) is 8.81. The van der Waals surface area contributed by atoms with Gasteiger partial charge in [-0.3, -0.25) is 0 Å². The highest BCUT2D eigenvalue weighted by Gasteiger charge is 1.92. The Kier molecular flexibility index (Phi) is 4.32. The van der Waals surface area contributed by atoms with E-state index in [1.54, 1.807) is 6.08 Å². The van der Waals surface area contributed by atoms with Crippen LogP contribution >= 0.6 is 22.6 Å². The SMILES string of the molecule is C=CCOCc1cccc(I)c1. The first-order chi connectivity index (χ1) is 5.83. The maximum atomic E-state index is 5.30. The number of rotatable bonds is 4. The average Bonchev–Trinajstić information content (AvgIpc) is 2.05. The molecule has 1 aromatic carbocycles. The smallest absolute Gasteiger partial charge is 0.0721 e. The Morgan fingerprint density at radius 2 is 2.33 bits per heavy atom. The van der Waals surface area contributed by atoms with E-state index in [-0.39, 0.29) is 0 Å². The lowest BCUT2D eigenvalue weighted by atomic mass is 10.2. The summed E-state index contributed by atoms with van der Waals surface area (Å²) in [6, 6.07) is 8.28. The number of ether oxygens (including phenoxy) is 1. The van der Waals surface area contributed by atoms with Crippen LogP contribution in [0.15, 0.2) is 36.9 Å². The van der Waals surface area contributed by atoms with Crippen molar-refractivity contribution < 1.29 is 4.74 Å². The molecule has 0 unspecified atom stereocenters. The van der Waals surface area contributed by atoms with Crippen LogP contribution in [0.4, 0.5) is 0 Å². The van der Waals surface area contributed by atoms with Gasteiger partial charge in [-0.15, -0.1) is 6.58 Å². The minimum atomic E-state index is 0.617. The highest BCUT2D eigenvalue weighted by molar-refractivity contribution is 14.1. The molecular formula is C10H11IO. The Balaban J connectivity index is 2.46. The maximum Gasteiger partial charge on any atom is 0.0721 e. The summed E-state index contributed by atoms with van der Waals surface area (Å²) in [5.41, 5.74) is 1.21. The molecule has 1 aromatic rings. The van der Waals surface area contributed by atoms with E-state index in [9.17, 15) is 0 Å². The Morgan fingerprint density at radius 3 is 3.00 bits per heavy atom. The molecule has 0 aliphatic carbocycles. The molecule has 0 saturated heterocycles. The van der Waals surface area contributed by atoms with Crippen molar-refractivity contribution in [3.8, 4) is 0 Å². The monoisotopic (exact) mass is 274 g/mol. The second-order valence-corrected chi connectivity index (χ2v) is 3.68. The van der Waals surface area contributed by atoms with Crippen molar-refractivity contribution in [1.29, 1.82) is 0 Å². The van der Waals surface area contributed by atoms with Crippen LogP contribution in [-0.4, -0.2) is 6.61 Å². The Morgan fingerprint density at radius 1 is 1.50 bits per heavy atom. The van der Waals surface area contributed by atoms with Gasteiger partial charge in [0.15, 0.2) is 0 Å². The zero-order valence-electron chi connectivity index (χ0n) is 6.79. The summed E-state index contributed by atoms with van der Waals surface area (Å²) in [7, 11) is 0. The first-order valence-electron chi connectivity index (χ1n) is 3.76. The van der Waals surface area contributed by atoms with Crippen molar-refractivity contribution in [1.82, 2.24) is 0 Å². The third-order valence-electron chi connectivity index (χ3n) is 1.39. The summed E-state index contributed by atoms with van der Waals surface area (Å²) in [5.74, 6) is 0. The Labute approximate surface area is 86.6 Å². The van der Waals surface area contributed by atoms with Gasteiger partial charge in [0.25, 0.3) is 0 Å². The molecule has 0 aliphatic rings. The molecule has 0 atom stereocenters. The average molecular weight is 274 g/mol. The maximum absolute atomic E-state index is 5.30. The van der Waals surface area contributed by atoms with Gasteiger partial charge in [0.05, 0.1) is 13.2 Å². The molecule has 0 saturated carbocycles. The summed E-state index contributed by atoms with van der Waals surface area (Å²) in [6.07, 6.45) is 1.76. The number of hydrogen-bond donors (Lipinski definition) is 0. The fourth-order valence-electron chi connectivity index (χ4n) is 0.887. The molecule has 0 aliphatic heterocycles. The van der Waals surface area contributed by atoms with Crippen molar-refractivity contribution in [3.05, 3.63) is 46.1 Å². The fraction of sp³-hybridized carbons (Fsp3) is 0.200. The van der Waals surface area contributed by atoms with Gasteiger partial charge in [0.1, 0.15) is 0 Å². The molecular weight excluding hydrogens is 263 g/mol. The van der Waals surface area contributed by atoms with Crippen LogP contribution in [0, 0.1) is 3.57 Å². The van der Waals surface area contributed by atoms with E-state index >= 15 is 0 Å². The quantitative estimate of drug-likeness (QED) is 0.466. The topological polar surface area (TPSA) is 9.23 Å². The second-order valence-electron chi connectivity index (χ2n) is 2.43. The molecule has 0 fully saturated rings. The molecule has 1 nitrogen and oxygen atoms in total. The Bertz CT molecular complexity index is 258. The van der Waals surface area contributed by atoms with Gasteiger partial charge in [-0.25, -0.2) is 0 Å². The van der Waals surface area contributed by atoms with Gasteiger partial charge < -0.3 is 4.74 Å². The molecule has 12 heavy (non-hydrogen) atoms. The predicted molar refractivity (Wildman–Crippen MR) is 59.0 cm³/mol. The van der Waals surface area contributed by atoms with Crippen molar-refractivity contribution in [2.75, 3.05) is 6.61 Å². The van der Waals surface area contributed by atoms with E-state index in [1.165, 1.54) is 9.13 Å². The van der Waals surface area contributed by atoms with Crippen molar-refractivity contribution in [2.45, 2.75) is 6.61 Å². The molecule has 0 aromatic heterocycles. The van der Waals surface area contributed by atoms with E-state index in [4.69, 9.17) is 4.74 Å². The molecule has 0 radical (unpaired) electrons. The van der Waals surface area contributed by atoms with Crippen LogP contribution in [0.1, 0.15) is 5.56 Å². The molecule has 0 amide bonds. The van der Waals surface area contributed by atoms with Gasteiger partial charge in [0.2, 0.25) is 0 Å². The summed E-state index contributed by atoms with van der Waals surface area (Å²) in [5, 5.41) is 0. The number of benzene rings is 1. The third-order valence-corrected chi connectivity index (χ3v) is 2.06. The van der Waals surface area contributed by atoms with Crippen LogP contribution in [0.5, 0.6) is 0 Å². The summed E-state index contributed by atoms with van der Waals surface area (Å²) in [4.78, 5) is 0.